The zero-order chi connectivity index (χ0) is 20.1. The summed E-state index contributed by atoms with van der Waals surface area (Å²) < 4.78 is 37.5. The van der Waals surface area contributed by atoms with Gasteiger partial charge in [0.1, 0.15) is 5.82 Å². The Morgan fingerprint density at radius 1 is 1.11 bits per heavy atom. The molecule has 10 heteroatoms. The highest BCUT2D eigenvalue weighted by Crippen LogP contribution is 2.38. The lowest BCUT2D eigenvalue weighted by Gasteiger charge is -2.27. The van der Waals surface area contributed by atoms with Gasteiger partial charge in [0, 0.05) is 26.5 Å². The molecule has 4 rings (SSSR count). The number of thioether (sulfide) groups is 1. The second-order valence-electron chi connectivity index (χ2n) is 6.65. The van der Waals surface area contributed by atoms with Gasteiger partial charge in [-0.15, -0.1) is 0 Å². The van der Waals surface area contributed by atoms with E-state index in [1.165, 1.54) is 23.9 Å². The Morgan fingerprint density at radius 2 is 1.82 bits per heavy atom. The molecule has 0 unspecified atom stereocenters. The Hall–Kier alpha value is -0.990. The fourth-order valence-electron chi connectivity index (χ4n) is 3.39. The molecule has 2 aliphatic rings. The summed E-state index contributed by atoms with van der Waals surface area (Å²) in [5.74, 6) is 0.109. The number of nitrogens with zero attached hydrogens (tertiary/aromatic N) is 2. The van der Waals surface area contributed by atoms with E-state index in [2.05, 4.69) is 4.99 Å². The van der Waals surface area contributed by atoms with Crippen LogP contribution in [-0.4, -0.2) is 37.2 Å². The van der Waals surface area contributed by atoms with Gasteiger partial charge in [-0.3, -0.25) is 4.99 Å². The van der Waals surface area contributed by atoms with Gasteiger partial charge in [-0.25, -0.2) is 12.8 Å². The maximum absolute atomic E-state index is 13.3. The molecule has 1 fully saturated rings. The molecule has 2 heterocycles. The Morgan fingerprint density at radius 3 is 2.50 bits per heavy atom. The van der Waals surface area contributed by atoms with Crippen molar-refractivity contribution in [1.29, 1.82) is 0 Å². The lowest BCUT2D eigenvalue weighted by Crippen LogP contribution is -2.39. The van der Waals surface area contributed by atoms with Crippen LogP contribution in [0, 0.1) is 5.82 Å². The fraction of sp³-hybridized carbons (Fsp3) is 0.278. The zero-order valence-corrected chi connectivity index (χ0v) is 18.2. The molecular weight excluding hydrogens is 466 g/mol. The van der Waals surface area contributed by atoms with Crippen LogP contribution in [0.3, 0.4) is 0 Å². The largest absolute Gasteiger partial charge is 0.315 e. The first-order valence-corrected chi connectivity index (χ1v) is 12.3. The number of sulfone groups is 1. The van der Waals surface area contributed by atoms with Crippen LogP contribution >= 0.6 is 46.6 Å². The summed E-state index contributed by atoms with van der Waals surface area (Å²) >= 11 is 19.8. The van der Waals surface area contributed by atoms with Gasteiger partial charge >= 0.3 is 0 Å². The quantitative estimate of drug-likeness (QED) is 0.617. The van der Waals surface area contributed by atoms with Crippen molar-refractivity contribution >= 4 is 67.3 Å². The third kappa shape index (κ3) is 4.14. The van der Waals surface area contributed by atoms with Crippen molar-refractivity contribution in [3.63, 3.8) is 0 Å². The van der Waals surface area contributed by atoms with Crippen LogP contribution in [0.2, 0.25) is 15.1 Å². The molecule has 2 atom stereocenters. The van der Waals surface area contributed by atoms with Crippen LogP contribution in [0.15, 0.2) is 41.4 Å². The fourth-order valence-corrected chi connectivity index (χ4v) is 7.19. The molecule has 0 spiro atoms. The van der Waals surface area contributed by atoms with Gasteiger partial charge in [0.15, 0.2) is 15.0 Å². The van der Waals surface area contributed by atoms with Gasteiger partial charge < -0.3 is 4.90 Å². The summed E-state index contributed by atoms with van der Waals surface area (Å²) in [5.41, 5.74) is 1.46. The number of hydrogen-bond acceptors (Lipinski definition) is 5. The Balaban J connectivity index is 1.65. The molecule has 2 aromatic carbocycles. The van der Waals surface area contributed by atoms with E-state index in [4.69, 9.17) is 34.8 Å². The smallest absolute Gasteiger partial charge is 0.164 e. The third-order valence-corrected chi connectivity index (χ3v) is 8.11. The minimum Gasteiger partial charge on any atom is -0.315 e. The first-order valence-electron chi connectivity index (χ1n) is 8.32. The predicted octanol–water partition coefficient (Wildman–Crippen LogP) is 5.06. The van der Waals surface area contributed by atoms with E-state index in [1.54, 1.807) is 24.3 Å². The third-order valence-electron chi connectivity index (χ3n) is 4.60. The second kappa shape index (κ2) is 7.69. The number of rotatable bonds is 3. The minimum atomic E-state index is -3.16. The van der Waals surface area contributed by atoms with Crippen LogP contribution in [0.1, 0.15) is 5.56 Å². The van der Waals surface area contributed by atoms with Crippen molar-refractivity contribution in [2.75, 3.05) is 16.4 Å². The SMILES string of the molecule is O=S1(=O)C[C@@H]2[C@@H](C1)N=C(SCc1ccc(F)cc1Cl)N2c1cc(Cl)cc(Cl)c1. The molecule has 2 aliphatic heterocycles. The number of anilines is 1. The van der Waals surface area contributed by atoms with Crippen molar-refractivity contribution in [2.45, 2.75) is 17.8 Å². The number of amidine groups is 1. The monoisotopic (exact) mass is 478 g/mol. The molecule has 0 amide bonds. The molecule has 0 aromatic heterocycles. The summed E-state index contributed by atoms with van der Waals surface area (Å²) in [6, 6.07) is 8.71. The molecule has 0 aliphatic carbocycles. The maximum Gasteiger partial charge on any atom is 0.164 e. The number of halogens is 4. The maximum atomic E-state index is 13.3. The van der Waals surface area contributed by atoms with Crippen LogP contribution < -0.4 is 4.90 Å². The lowest BCUT2D eigenvalue weighted by molar-refractivity contribution is 0.601. The van der Waals surface area contributed by atoms with Gasteiger partial charge in [0.05, 0.1) is 23.6 Å². The summed E-state index contributed by atoms with van der Waals surface area (Å²) in [5, 5.41) is 1.92. The highest BCUT2D eigenvalue weighted by atomic mass is 35.5. The topological polar surface area (TPSA) is 49.7 Å². The number of benzene rings is 2. The Bertz CT molecular complexity index is 1060. The summed E-state index contributed by atoms with van der Waals surface area (Å²) in [6.07, 6.45) is 0. The van der Waals surface area contributed by atoms with Gasteiger partial charge in [0.2, 0.25) is 0 Å². The molecule has 0 bridgehead atoms. The van der Waals surface area contributed by atoms with E-state index >= 15 is 0 Å². The van der Waals surface area contributed by atoms with E-state index in [9.17, 15) is 12.8 Å². The van der Waals surface area contributed by atoms with Gasteiger partial charge in [0.25, 0.3) is 0 Å². The van der Waals surface area contributed by atoms with Crippen LogP contribution in [0.5, 0.6) is 0 Å². The predicted molar refractivity (Wildman–Crippen MR) is 115 cm³/mol. The molecule has 2 aromatic rings. The minimum absolute atomic E-state index is 0.0177. The number of fused-ring (bicyclic) bond motifs is 1. The molecule has 0 radical (unpaired) electrons. The molecule has 0 saturated carbocycles. The average Bonchev–Trinajstić information content (AvgIpc) is 3.04. The Labute approximate surface area is 181 Å². The van der Waals surface area contributed by atoms with E-state index in [1.807, 2.05) is 4.90 Å². The van der Waals surface area contributed by atoms with E-state index in [0.29, 0.717) is 31.7 Å². The van der Waals surface area contributed by atoms with E-state index in [-0.39, 0.29) is 23.6 Å². The van der Waals surface area contributed by atoms with Crippen molar-refractivity contribution in [3.05, 3.63) is 62.8 Å². The van der Waals surface area contributed by atoms with E-state index in [0.717, 1.165) is 5.56 Å². The van der Waals surface area contributed by atoms with Crippen LogP contribution in [-0.2, 0) is 15.6 Å². The molecule has 28 heavy (non-hydrogen) atoms. The zero-order valence-electron chi connectivity index (χ0n) is 14.3. The van der Waals surface area contributed by atoms with Gasteiger partial charge in [-0.2, -0.15) is 0 Å². The van der Waals surface area contributed by atoms with Gasteiger partial charge in [-0.05, 0) is 35.9 Å². The highest BCUT2D eigenvalue weighted by Gasteiger charge is 2.47. The number of aliphatic imine (C=N–C) groups is 1. The van der Waals surface area contributed by atoms with Crippen molar-refractivity contribution in [3.8, 4) is 0 Å². The average molecular weight is 480 g/mol. The summed E-state index contributed by atoms with van der Waals surface area (Å²) in [6.45, 7) is 0. The normalized spacial score (nSPS) is 23.0. The summed E-state index contributed by atoms with van der Waals surface area (Å²) in [7, 11) is -3.16. The molecule has 4 nitrogen and oxygen atoms in total. The summed E-state index contributed by atoms with van der Waals surface area (Å²) in [4.78, 5) is 6.53. The highest BCUT2D eigenvalue weighted by molar-refractivity contribution is 8.13. The standard InChI is InChI=1S/C18H14Cl3FN2O2S2/c19-11-3-12(20)5-14(4-11)24-17-9-28(25,26)8-16(17)23-18(24)27-7-10-1-2-13(22)6-15(10)21/h1-6,16-17H,7-9H2/t16-,17-/m1/s1. The molecule has 1 saturated heterocycles. The first kappa shape index (κ1) is 20.3. The van der Waals surface area contributed by atoms with E-state index < -0.39 is 15.7 Å². The van der Waals surface area contributed by atoms with Crippen molar-refractivity contribution in [1.82, 2.24) is 0 Å². The van der Waals surface area contributed by atoms with Crippen LogP contribution in [0.25, 0.3) is 0 Å². The molecule has 148 valence electrons. The second-order valence-corrected chi connectivity index (χ2v) is 11.0. The van der Waals surface area contributed by atoms with Crippen molar-refractivity contribution in [2.24, 2.45) is 4.99 Å². The van der Waals surface area contributed by atoms with Crippen LogP contribution in [0.4, 0.5) is 10.1 Å². The molecular formula is C18H14Cl3FN2O2S2. The molecule has 0 N–H and O–H groups in total. The lowest BCUT2D eigenvalue weighted by atomic mass is 10.1. The van der Waals surface area contributed by atoms with Gasteiger partial charge in [-0.1, -0.05) is 52.6 Å². The Kier molecular flexibility index (Phi) is 5.57. The number of hydrogen-bond donors (Lipinski definition) is 0. The first-order chi connectivity index (χ1) is 13.2. The van der Waals surface area contributed by atoms with Crippen molar-refractivity contribution < 1.29 is 12.8 Å².